The molecular formula is C21H41N5O. The first-order chi connectivity index (χ1) is 12.9. The fourth-order valence-corrected chi connectivity index (χ4v) is 4.71. The Hall–Kier alpha value is -1.30. The average Bonchev–Trinajstić information content (AvgIpc) is 3.11. The molecule has 0 aromatic heterocycles. The third-order valence-corrected chi connectivity index (χ3v) is 6.02. The maximum atomic E-state index is 12.7. The van der Waals surface area contributed by atoms with Crippen LogP contribution in [0, 0.1) is 17.3 Å². The van der Waals surface area contributed by atoms with Gasteiger partial charge in [-0.2, -0.15) is 0 Å². The standard InChI is InChI=1S/C21H41N5O/c1-17(2)14-26-12-8-9-18(15-26)13-23-20(22-3)24-16-21(10-6-7-11-21)19(27)25(4)5/h17-18H,6-16H2,1-5H3,(H2,22,23,24). The van der Waals surface area contributed by atoms with Gasteiger partial charge in [0.1, 0.15) is 0 Å². The largest absolute Gasteiger partial charge is 0.356 e. The first kappa shape index (κ1) is 22.0. The molecule has 2 aliphatic rings. The monoisotopic (exact) mass is 379 g/mol. The molecule has 1 heterocycles. The zero-order chi connectivity index (χ0) is 19.9. The summed E-state index contributed by atoms with van der Waals surface area (Å²) in [6, 6.07) is 0. The van der Waals surface area contributed by atoms with Gasteiger partial charge in [-0.25, -0.2) is 0 Å². The summed E-state index contributed by atoms with van der Waals surface area (Å²) in [5.74, 6) is 2.47. The number of guanidine groups is 1. The van der Waals surface area contributed by atoms with E-state index in [2.05, 4.69) is 34.4 Å². The number of nitrogens with one attached hydrogen (secondary N) is 2. The molecule has 6 nitrogen and oxygen atoms in total. The van der Waals surface area contributed by atoms with E-state index in [0.717, 1.165) is 44.1 Å². The quantitative estimate of drug-likeness (QED) is 0.526. The van der Waals surface area contributed by atoms with Crippen LogP contribution in [0.2, 0.25) is 0 Å². The highest BCUT2D eigenvalue weighted by atomic mass is 16.2. The summed E-state index contributed by atoms with van der Waals surface area (Å²) in [7, 11) is 5.54. The number of hydrogen-bond acceptors (Lipinski definition) is 3. The third-order valence-electron chi connectivity index (χ3n) is 6.02. The maximum absolute atomic E-state index is 12.7. The molecule has 2 rings (SSSR count). The summed E-state index contributed by atoms with van der Waals surface area (Å²) in [5.41, 5.74) is -0.264. The average molecular weight is 380 g/mol. The Bertz CT molecular complexity index is 497. The van der Waals surface area contributed by atoms with Crippen molar-refractivity contribution in [2.75, 3.05) is 53.9 Å². The Morgan fingerprint density at radius 1 is 1.22 bits per heavy atom. The van der Waals surface area contributed by atoms with E-state index in [9.17, 15) is 4.79 Å². The maximum Gasteiger partial charge on any atom is 0.230 e. The van der Waals surface area contributed by atoms with Gasteiger partial charge < -0.3 is 20.4 Å². The van der Waals surface area contributed by atoms with Crippen LogP contribution in [-0.2, 0) is 4.79 Å². The minimum atomic E-state index is -0.264. The molecule has 1 unspecified atom stereocenters. The Kier molecular flexibility index (Phi) is 8.39. The van der Waals surface area contributed by atoms with Crippen molar-refractivity contribution in [1.29, 1.82) is 0 Å². The molecule has 1 saturated heterocycles. The van der Waals surface area contributed by atoms with Gasteiger partial charge in [-0.1, -0.05) is 26.7 Å². The number of aliphatic imine (C=N–C) groups is 1. The van der Waals surface area contributed by atoms with E-state index in [1.54, 1.807) is 4.90 Å². The number of hydrogen-bond donors (Lipinski definition) is 2. The minimum Gasteiger partial charge on any atom is -0.356 e. The summed E-state index contributed by atoms with van der Waals surface area (Å²) in [5, 5.41) is 6.96. The van der Waals surface area contributed by atoms with Crippen molar-refractivity contribution in [3.8, 4) is 0 Å². The Morgan fingerprint density at radius 2 is 1.93 bits per heavy atom. The molecule has 0 spiro atoms. The summed E-state index contributed by atoms with van der Waals surface area (Å²) in [4.78, 5) is 21.5. The Labute approximate surface area is 166 Å². The fraction of sp³-hybridized carbons (Fsp3) is 0.905. The van der Waals surface area contributed by atoms with Crippen LogP contribution in [0.1, 0.15) is 52.4 Å². The molecule has 1 amide bonds. The number of carbonyl (C=O) groups is 1. The summed E-state index contributed by atoms with van der Waals surface area (Å²) in [6.07, 6.45) is 6.79. The summed E-state index contributed by atoms with van der Waals surface area (Å²) < 4.78 is 0. The van der Waals surface area contributed by atoms with E-state index in [1.807, 2.05) is 21.1 Å². The highest BCUT2D eigenvalue weighted by Gasteiger charge is 2.42. The molecule has 0 bridgehead atoms. The summed E-state index contributed by atoms with van der Waals surface area (Å²) in [6.45, 7) is 9.81. The van der Waals surface area contributed by atoms with E-state index in [-0.39, 0.29) is 11.3 Å². The number of carbonyl (C=O) groups excluding carboxylic acids is 1. The Balaban J connectivity index is 1.82. The number of rotatable bonds is 7. The Morgan fingerprint density at radius 3 is 2.52 bits per heavy atom. The van der Waals surface area contributed by atoms with Crippen molar-refractivity contribution in [1.82, 2.24) is 20.4 Å². The van der Waals surface area contributed by atoms with E-state index in [1.165, 1.54) is 32.5 Å². The lowest BCUT2D eigenvalue weighted by Crippen LogP contribution is -2.50. The van der Waals surface area contributed by atoms with Crippen LogP contribution in [0.15, 0.2) is 4.99 Å². The second kappa shape index (κ2) is 10.3. The molecule has 0 aromatic carbocycles. The normalized spacial score (nSPS) is 23.5. The van der Waals surface area contributed by atoms with Gasteiger partial charge in [0.25, 0.3) is 0 Å². The van der Waals surface area contributed by atoms with Crippen LogP contribution in [0.4, 0.5) is 0 Å². The van der Waals surface area contributed by atoms with Gasteiger partial charge in [0, 0.05) is 47.3 Å². The van der Waals surface area contributed by atoms with Gasteiger partial charge in [0.2, 0.25) is 5.91 Å². The first-order valence-electron chi connectivity index (χ1n) is 10.7. The lowest BCUT2D eigenvalue weighted by molar-refractivity contribution is -0.138. The molecule has 1 atom stereocenters. The zero-order valence-corrected chi connectivity index (χ0v) is 18.2. The topological polar surface area (TPSA) is 60.0 Å². The van der Waals surface area contributed by atoms with Crippen molar-refractivity contribution in [2.24, 2.45) is 22.2 Å². The van der Waals surface area contributed by atoms with E-state index in [4.69, 9.17) is 0 Å². The number of nitrogens with zero attached hydrogens (tertiary/aromatic N) is 3. The van der Waals surface area contributed by atoms with Gasteiger partial charge in [-0.3, -0.25) is 9.79 Å². The van der Waals surface area contributed by atoms with Crippen LogP contribution in [0.5, 0.6) is 0 Å². The summed E-state index contributed by atoms with van der Waals surface area (Å²) >= 11 is 0. The van der Waals surface area contributed by atoms with Crippen LogP contribution in [0.3, 0.4) is 0 Å². The van der Waals surface area contributed by atoms with Crippen molar-refractivity contribution < 1.29 is 4.79 Å². The molecule has 1 saturated carbocycles. The van der Waals surface area contributed by atoms with Gasteiger partial charge in [-0.05, 0) is 44.1 Å². The van der Waals surface area contributed by atoms with E-state index >= 15 is 0 Å². The molecule has 27 heavy (non-hydrogen) atoms. The van der Waals surface area contributed by atoms with Crippen molar-refractivity contribution >= 4 is 11.9 Å². The minimum absolute atomic E-state index is 0.250. The van der Waals surface area contributed by atoms with Crippen LogP contribution in [-0.4, -0.2) is 75.5 Å². The van der Waals surface area contributed by atoms with Crippen LogP contribution < -0.4 is 10.6 Å². The molecule has 2 fully saturated rings. The fourth-order valence-electron chi connectivity index (χ4n) is 4.71. The lowest BCUT2D eigenvalue weighted by Gasteiger charge is -2.34. The van der Waals surface area contributed by atoms with Crippen molar-refractivity contribution in [3.05, 3.63) is 0 Å². The molecule has 156 valence electrons. The zero-order valence-electron chi connectivity index (χ0n) is 18.2. The second-order valence-electron chi connectivity index (χ2n) is 9.16. The first-order valence-corrected chi connectivity index (χ1v) is 10.7. The number of piperidine rings is 1. The SMILES string of the molecule is CN=C(NCC1CCCN(CC(C)C)C1)NCC1(C(=O)N(C)C)CCCC1. The van der Waals surface area contributed by atoms with Crippen molar-refractivity contribution in [2.45, 2.75) is 52.4 Å². The van der Waals surface area contributed by atoms with Crippen LogP contribution in [0.25, 0.3) is 0 Å². The molecule has 1 aliphatic heterocycles. The van der Waals surface area contributed by atoms with E-state index < -0.39 is 0 Å². The van der Waals surface area contributed by atoms with Gasteiger partial charge >= 0.3 is 0 Å². The predicted octanol–water partition coefficient (Wildman–Crippen LogP) is 2.17. The number of amides is 1. The molecular weight excluding hydrogens is 338 g/mol. The van der Waals surface area contributed by atoms with Gasteiger partial charge in [0.05, 0.1) is 5.41 Å². The lowest BCUT2D eigenvalue weighted by atomic mass is 9.84. The molecule has 0 radical (unpaired) electrons. The third kappa shape index (κ3) is 6.37. The molecule has 0 aromatic rings. The van der Waals surface area contributed by atoms with Crippen LogP contribution >= 0.6 is 0 Å². The second-order valence-corrected chi connectivity index (χ2v) is 9.16. The van der Waals surface area contributed by atoms with Gasteiger partial charge in [0.15, 0.2) is 5.96 Å². The predicted molar refractivity (Wildman–Crippen MR) is 113 cm³/mol. The molecule has 6 heteroatoms. The van der Waals surface area contributed by atoms with Gasteiger partial charge in [-0.15, -0.1) is 0 Å². The molecule has 1 aliphatic carbocycles. The smallest absolute Gasteiger partial charge is 0.230 e. The highest BCUT2D eigenvalue weighted by molar-refractivity contribution is 5.85. The highest BCUT2D eigenvalue weighted by Crippen LogP contribution is 2.38. The van der Waals surface area contributed by atoms with Crippen molar-refractivity contribution in [3.63, 3.8) is 0 Å². The molecule has 2 N–H and O–H groups in total. The van der Waals surface area contributed by atoms with E-state index in [0.29, 0.717) is 12.5 Å². The number of likely N-dealkylation sites (tertiary alicyclic amines) is 1.